The number of rotatable bonds is 2. The second-order valence-electron chi connectivity index (χ2n) is 5.85. The van der Waals surface area contributed by atoms with E-state index < -0.39 is 0 Å². The Kier molecular flexibility index (Phi) is 3.13. The summed E-state index contributed by atoms with van der Waals surface area (Å²) < 4.78 is 11.2. The summed E-state index contributed by atoms with van der Waals surface area (Å²) >= 11 is 0. The molecule has 1 aromatic heterocycles. The third-order valence-electron chi connectivity index (χ3n) is 4.46. The molecule has 0 saturated carbocycles. The molecule has 3 rings (SSSR count). The van der Waals surface area contributed by atoms with Crippen molar-refractivity contribution in [2.45, 2.75) is 33.1 Å². The maximum absolute atomic E-state index is 12.5. The minimum atomic E-state index is 0.0339. The summed E-state index contributed by atoms with van der Waals surface area (Å²) in [6.07, 6.45) is 2.96. The first kappa shape index (κ1) is 12.7. The van der Waals surface area contributed by atoms with Gasteiger partial charge in [-0.3, -0.25) is 4.79 Å². The van der Waals surface area contributed by atoms with E-state index in [-0.39, 0.29) is 11.3 Å². The van der Waals surface area contributed by atoms with Crippen LogP contribution in [0.3, 0.4) is 0 Å². The van der Waals surface area contributed by atoms with E-state index in [1.807, 2.05) is 24.8 Å². The molecule has 0 aromatic carbocycles. The zero-order valence-electron chi connectivity index (χ0n) is 11.7. The quantitative estimate of drug-likeness (QED) is 0.823. The van der Waals surface area contributed by atoms with Crippen LogP contribution in [0, 0.1) is 12.3 Å². The van der Waals surface area contributed by atoms with Crippen molar-refractivity contribution in [2.24, 2.45) is 5.41 Å². The summed E-state index contributed by atoms with van der Waals surface area (Å²) in [6, 6.07) is 1.87. The Balaban J connectivity index is 1.74. The molecule has 0 radical (unpaired) electrons. The van der Waals surface area contributed by atoms with Crippen molar-refractivity contribution in [2.75, 3.05) is 26.3 Å². The Hall–Kier alpha value is -1.29. The SMILES string of the molecule is CCc1oc(C(=O)N2CC[C@@]3(CCOC3)C2)cc1C. The standard InChI is InChI=1S/C15H21NO3/c1-3-12-11(2)8-13(19-12)14(17)16-6-4-15(9-16)5-7-18-10-15/h8H,3-7,9-10H2,1-2H3/t15-/m1/s1. The average molecular weight is 263 g/mol. The number of carbonyl (C=O) groups is 1. The molecule has 2 aliphatic heterocycles. The molecule has 1 spiro atoms. The summed E-state index contributed by atoms with van der Waals surface area (Å²) in [5, 5.41) is 0. The van der Waals surface area contributed by atoms with Gasteiger partial charge in [0.2, 0.25) is 0 Å². The number of hydrogen-bond acceptors (Lipinski definition) is 3. The number of likely N-dealkylation sites (tertiary alicyclic amines) is 1. The normalized spacial score (nSPS) is 26.5. The van der Waals surface area contributed by atoms with Crippen LogP contribution in [-0.4, -0.2) is 37.1 Å². The van der Waals surface area contributed by atoms with E-state index >= 15 is 0 Å². The van der Waals surface area contributed by atoms with Crippen molar-refractivity contribution in [3.8, 4) is 0 Å². The predicted molar refractivity (Wildman–Crippen MR) is 71.2 cm³/mol. The molecule has 104 valence electrons. The predicted octanol–water partition coefficient (Wildman–Crippen LogP) is 2.40. The molecule has 3 heterocycles. The van der Waals surface area contributed by atoms with Gasteiger partial charge >= 0.3 is 0 Å². The van der Waals surface area contributed by atoms with Gasteiger partial charge in [-0.25, -0.2) is 0 Å². The van der Waals surface area contributed by atoms with Crippen LogP contribution in [0.1, 0.15) is 41.6 Å². The number of furan rings is 1. The highest BCUT2D eigenvalue weighted by molar-refractivity contribution is 5.92. The van der Waals surface area contributed by atoms with Crippen LogP contribution in [0.5, 0.6) is 0 Å². The number of ether oxygens (including phenoxy) is 1. The van der Waals surface area contributed by atoms with Crippen LogP contribution in [0.2, 0.25) is 0 Å². The van der Waals surface area contributed by atoms with Gasteiger partial charge in [0.1, 0.15) is 5.76 Å². The lowest BCUT2D eigenvalue weighted by molar-refractivity contribution is 0.0732. The van der Waals surface area contributed by atoms with Crippen molar-refractivity contribution in [3.63, 3.8) is 0 Å². The van der Waals surface area contributed by atoms with E-state index in [1.165, 1.54) is 0 Å². The Morgan fingerprint density at radius 3 is 2.95 bits per heavy atom. The third-order valence-corrected chi connectivity index (χ3v) is 4.46. The zero-order chi connectivity index (χ0) is 13.5. The molecule has 0 aliphatic carbocycles. The zero-order valence-corrected chi connectivity index (χ0v) is 11.7. The fraction of sp³-hybridized carbons (Fsp3) is 0.667. The molecular weight excluding hydrogens is 242 g/mol. The summed E-state index contributed by atoms with van der Waals surface area (Å²) in [5.41, 5.74) is 1.29. The number of carbonyl (C=O) groups excluding carboxylic acids is 1. The fourth-order valence-corrected chi connectivity index (χ4v) is 3.21. The monoisotopic (exact) mass is 263 g/mol. The van der Waals surface area contributed by atoms with Crippen molar-refractivity contribution in [3.05, 3.63) is 23.2 Å². The van der Waals surface area contributed by atoms with Gasteiger partial charge in [-0.2, -0.15) is 0 Å². The second kappa shape index (κ2) is 4.67. The van der Waals surface area contributed by atoms with Crippen molar-refractivity contribution < 1.29 is 13.9 Å². The smallest absolute Gasteiger partial charge is 0.289 e. The largest absolute Gasteiger partial charge is 0.456 e. The minimum absolute atomic E-state index is 0.0339. The number of hydrogen-bond donors (Lipinski definition) is 0. The van der Waals surface area contributed by atoms with Crippen LogP contribution in [0.25, 0.3) is 0 Å². The molecule has 4 nitrogen and oxygen atoms in total. The van der Waals surface area contributed by atoms with Gasteiger partial charge in [-0.1, -0.05) is 6.92 Å². The van der Waals surface area contributed by atoms with Crippen molar-refractivity contribution in [1.29, 1.82) is 0 Å². The van der Waals surface area contributed by atoms with Gasteiger partial charge in [-0.15, -0.1) is 0 Å². The highest BCUT2D eigenvalue weighted by Gasteiger charge is 2.43. The van der Waals surface area contributed by atoms with Crippen LogP contribution >= 0.6 is 0 Å². The molecule has 1 amide bonds. The van der Waals surface area contributed by atoms with E-state index in [2.05, 4.69) is 0 Å². The molecule has 2 fully saturated rings. The summed E-state index contributed by atoms with van der Waals surface area (Å²) in [6.45, 7) is 7.31. The number of aryl methyl sites for hydroxylation is 2. The molecule has 2 aliphatic rings. The molecule has 19 heavy (non-hydrogen) atoms. The third kappa shape index (κ3) is 2.18. The Morgan fingerprint density at radius 1 is 1.47 bits per heavy atom. The average Bonchev–Trinajstić information content (AvgIpc) is 3.11. The molecule has 2 saturated heterocycles. The van der Waals surface area contributed by atoms with E-state index in [9.17, 15) is 4.79 Å². The van der Waals surface area contributed by atoms with Gasteiger partial charge in [0.25, 0.3) is 5.91 Å². The topological polar surface area (TPSA) is 42.7 Å². The Labute approximate surface area is 113 Å². The number of amides is 1. The lowest BCUT2D eigenvalue weighted by Gasteiger charge is -2.21. The highest BCUT2D eigenvalue weighted by atomic mass is 16.5. The van der Waals surface area contributed by atoms with Gasteiger partial charge in [0.05, 0.1) is 6.61 Å². The first-order chi connectivity index (χ1) is 9.13. The van der Waals surface area contributed by atoms with Crippen LogP contribution in [0.15, 0.2) is 10.5 Å². The maximum atomic E-state index is 12.5. The van der Waals surface area contributed by atoms with Crippen molar-refractivity contribution in [1.82, 2.24) is 4.90 Å². The maximum Gasteiger partial charge on any atom is 0.289 e. The molecular formula is C15H21NO3. The van der Waals surface area contributed by atoms with E-state index in [0.717, 1.165) is 56.9 Å². The molecule has 0 unspecified atom stereocenters. The van der Waals surface area contributed by atoms with Gasteiger partial charge in [0, 0.05) is 31.5 Å². The molecule has 1 aromatic rings. The lowest BCUT2D eigenvalue weighted by Crippen LogP contribution is -2.32. The second-order valence-corrected chi connectivity index (χ2v) is 5.85. The first-order valence-corrected chi connectivity index (χ1v) is 7.10. The Morgan fingerprint density at radius 2 is 2.32 bits per heavy atom. The molecule has 0 N–H and O–H groups in total. The Bertz CT molecular complexity index is 486. The number of nitrogens with zero attached hydrogens (tertiary/aromatic N) is 1. The van der Waals surface area contributed by atoms with Gasteiger partial charge in [0.15, 0.2) is 5.76 Å². The van der Waals surface area contributed by atoms with E-state index in [4.69, 9.17) is 9.15 Å². The highest BCUT2D eigenvalue weighted by Crippen LogP contribution is 2.38. The van der Waals surface area contributed by atoms with Crippen LogP contribution in [0.4, 0.5) is 0 Å². The lowest BCUT2D eigenvalue weighted by atomic mass is 9.87. The minimum Gasteiger partial charge on any atom is -0.456 e. The summed E-state index contributed by atoms with van der Waals surface area (Å²) in [5.74, 6) is 1.44. The molecule has 1 atom stereocenters. The first-order valence-electron chi connectivity index (χ1n) is 7.10. The molecule has 0 bridgehead atoms. The van der Waals surface area contributed by atoms with Crippen LogP contribution < -0.4 is 0 Å². The fourth-order valence-electron chi connectivity index (χ4n) is 3.21. The van der Waals surface area contributed by atoms with Crippen molar-refractivity contribution >= 4 is 5.91 Å². The van der Waals surface area contributed by atoms with Crippen LogP contribution in [-0.2, 0) is 11.2 Å². The van der Waals surface area contributed by atoms with E-state index in [1.54, 1.807) is 0 Å². The summed E-state index contributed by atoms with van der Waals surface area (Å²) in [4.78, 5) is 14.4. The van der Waals surface area contributed by atoms with E-state index in [0.29, 0.717) is 5.76 Å². The van der Waals surface area contributed by atoms with Gasteiger partial charge in [-0.05, 0) is 31.4 Å². The van der Waals surface area contributed by atoms with Gasteiger partial charge < -0.3 is 14.1 Å². The molecule has 4 heteroatoms. The summed E-state index contributed by atoms with van der Waals surface area (Å²) in [7, 11) is 0.